The van der Waals surface area contributed by atoms with Crippen LogP contribution in [0, 0.1) is 0 Å². The summed E-state index contributed by atoms with van der Waals surface area (Å²) >= 11 is 0. The summed E-state index contributed by atoms with van der Waals surface area (Å²) in [6.07, 6.45) is -4.30. The van der Waals surface area contributed by atoms with E-state index in [1.54, 1.807) is 0 Å². The Morgan fingerprint density at radius 3 is 1.83 bits per heavy atom. The fourth-order valence-electron chi connectivity index (χ4n) is 1.24. The molecule has 1 aliphatic rings. The topological polar surface area (TPSA) is 116 Å². The predicted molar refractivity (Wildman–Crippen MR) is 53.6 cm³/mol. The molecule has 7 nitrogen and oxygen atoms in total. The van der Waals surface area contributed by atoms with Gasteiger partial charge in [0.15, 0.2) is 0 Å². The van der Waals surface area contributed by atoms with E-state index >= 15 is 0 Å². The van der Waals surface area contributed by atoms with Gasteiger partial charge in [0.25, 0.3) is 0 Å². The Labute approximate surface area is 100 Å². The minimum absolute atomic E-state index is 0.283. The fourth-order valence-corrected chi connectivity index (χ4v) is 1.24. The number of carbonyl (C=O) groups is 2. The quantitative estimate of drug-likeness (QED) is 0.401. The molecule has 1 aliphatic heterocycles. The lowest BCUT2D eigenvalue weighted by Crippen LogP contribution is -2.46. The highest BCUT2D eigenvalue weighted by Gasteiger charge is 2.38. The van der Waals surface area contributed by atoms with E-state index in [-0.39, 0.29) is 6.04 Å². The van der Waals surface area contributed by atoms with Crippen molar-refractivity contribution in [3.63, 3.8) is 0 Å². The Morgan fingerprint density at radius 2 is 1.61 bits per heavy atom. The molecule has 0 atom stereocenters. The summed E-state index contributed by atoms with van der Waals surface area (Å²) in [4.78, 5) is 20.7. The molecule has 5 N–H and O–H groups in total. The number of amides is 1. The third-order valence-corrected chi connectivity index (χ3v) is 2.24. The summed E-state index contributed by atoms with van der Waals surface area (Å²) in [5.74, 6) is 2.45. The number of nitrogens with zero attached hydrogens (tertiary/aromatic N) is 1. The minimum atomic E-state index is -5.08. The van der Waals surface area contributed by atoms with Crippen LogP contribution < -0.4 is 11.3 Å². The molecule has 0 saturated carbocycles. The first-order valence-electron chi connectivity index (χ1n) is 4.92. The maximum absolute atomic E-state index is 10.6. The lowest BCUT2D eigenvalue weighted by atomic mass is 10.1. The Morgan fingerprint density at radius 1 is 1.22 bits per heavy atom. The largest absolute Gasteiger partial charge is 0.490 e. The van der Waals surface area contributed by atoms with Crippen molar-refractivity contribution in [1.29, 1.82) is 0 Å². The summed E-state index contributed by atoms with van der Waals surface area (Å²) in [6.45, 7) is 1.17. The zero-order valence-electron chi connectivity index (χ0n) is 9.28. The van der Waals surface area contributed by atoms with E-state index in [0.717, 1.165) is 12.8 Å². The number of halogens is 3. The van der Waals surface area contributed by atoms with Crippen molar-refractivity contribution >= 4 is 12.1 Å². The van der Waals surface area contributed by atoms with Crippen LogP contribution in [0.25, 0.3) is 0 Å². The van der Waals surface area contributed by atoms with Gasteiger partial charge in [-0.05, 0) is 12.8 Å². The third kappa shape index (κ3) is 6.25. The predicted octanol–water partition coefficient (Wildman–Crippen LogP) is 0.225. The number of rotatable bonds is 1. The van der Waals surface area contributed by atoms with Crippen LogP contribution in [0.5, 0.6) is 0 Å². The summed E-state index contributed by atoms with van der Waals surface area (Å²) in [6, 6.07) is 0.283. The second-order valence-corrected chi connectivity index (χ2v) is 3.51. The normalized spacial score (nSPS) is 16.8. The van der Waals surface area contributed by atoms with Crippen molar-refractivity contribution < 1.29 is 33.0 Å². The van der Waals surface area contributed by atoms with Gasteiger partial charge in [0.05, 0.1) is 0 Å². The zero-order valence-corrected chi connectivity index (χ0v) is 9.28. The van der Waals surface area contributed by atoms with Crippen LogP contribution in [-0.2, 0) is 4.79 Å². The van der Waals surface area contributed by atoms with E-state index in [9.17, 15) is 18.0 Å². The Hall–Kier alpha value is -1.55. The van der Waals surface area contributed by atoms with Gasteiger partial charge in [0, 0.05) is 19.1 Å². The van der Waals surface area contributed by atoms with Gasteiger partial charge < -0.3 is 15.1 Å². The average molecular weight is 273 g/mol. The van der Waals surface area contributed by atoms with Gasteiger partial charge >= 0.3 is 18.2 Å². The molecule has 106 valence electrons. The van der Waals surface area contributed by atoms with Crippen LogP contribution in [0.3, 0.4) is 0 Å². The molecule has 0 spiro atoms. The number of nitrogens with one attached hydrogen (secondary N) is 1. The van der Waals surface area contributed by atoms with E-state index in [2.05, 4.69) is 5.43 Å². The van der Waals surface area contributed by atoms with Gasteiger partial charge in [-0.25, -0.2) is 9.59 Å². The average Bonchev–Trinajstić information content (AvgIpc) is 2.28. The monoisotopic (exact) mass is 273 g/mol. The van der Waals surface area contributed by atoms with Crippen LogP contribution in [-0.4, -0.2) is 52.5 Å². The van der Waals surface area contributed by atoms with Crippen LogP contribution in [0.2, 0.25) is 0 Å². The smallest absolute Gasteiger partial charge is 0.475 e. The molecule has 1 amide bonds. The summed E-state index contributed by atoms with van der Waals surface area (Å²) in [5, 5.41) is 15.7. The minimum Gasteiger partial charge on any atom is -0.475 e. The number of piperidine rings is 1. The highest BCUT2D eigenvalue weighted by atomic mass is 19.4. The molecule has 0 unspecified atom stereocenters. The number of likely N-dealkylation sites (tertiary alicyclic amines) is 1. The van der Waals surface area contributed by atoms with Crippen molar-refractivity contribution in [2.75, 3.05) is 13.1 Å². The van der Waals surface area contributed by atoms with Crippen LogP contribution in [0.4, 0.5) is 18.0 Å². The van der Waals surface area contributed by atoms with Crippen molar-refractivity contribution in [1.82, 2.24) is 10.3 Å². The second-order valence-electron chi connectivity index (χ2n) is 3.51. The lowest BCUT2D eigenvalue weighted by Gasteiger charge is -2.29. The van der Waals surface area contributed by atoms with E-state index in [1.807, 2.05) is 0 Å². The Kier molecular flexibility index (Phi) is 6.41. The molecule has 0 aromatic carbocycles. The highest BCUT2D eigenvalue weighted by Crippen LogP contribution is 2.13. The second kappa shape index (κ2) is 7.01. The molecule has 0 aliphatic carbocycles. The number of aliphatic carboxylic acids is 1. The van der Waals surface area contributed by atoms with Gasteiger partial charge in [0.1, 0.15) is 0 Å². The maximum Gasteiger partial charge on any atom is 0.490 e. The molecule has 1 saturated heterocycles. The summed E-state index contributed by atoms with van der Waals surface area (Å²) in [7, 11) is 0. The van der Waals surface area contributed by atoms with Gasteiger partial charge in [-0.3, -0.25) is 11.3 Å². The standard InChI is InChI=1S/C6H13N3O2.C2HF3O2/c7-8-5-1-3-9(4-2-5)6(10)11;3-2(4,5)1(6)7/h5,8H,1-4,7H2,(H,10,11);(H,6,7). The van der Waals surface area contributed by atoms with Gasteiger partial charge in [-0.1, -0.05) is 0 Å². The SMILES string of the molecule is NNC1CCN(C(=O)O)CC1.O=C(O)C(F)(F)F. The molecule has 0 radical (unpaired) electrons. The molecular formula is C8H14F3N3O4. The maximum atomic E-state index is 10.6. The molecule has 1 fully saturated rings. The number of hydrogen-bond donors (Lipinski definition) is 4. The van der Waals surface area contributed by atoms with E-state index in [0.29, 0.717) is 13.1 Å². The first kappa shape index (κ1) is 16.4. The lowest BCUT2D eigenvalue weighted by molar-refractivity contribution is -0.192. The van der Waals surface area contributed by atoms with Crippen LogP contribution >= 0.6 is 0 Å². The van der Waals surface area contributed by atoms with Gasteiger partial charge in [-0.15, -0.1) is 0 Å². The number of carboxylic acid groups (broad SMARTS) is 2. The molecule has 0 aromatic heterocycles. The van der Waals surface area contributed by atoms with Crippen molar-refractivity contribution in [2.24, 2.45) is 5.84 Å². The van der Waals surface area contributed by atoms with E-state index < -0.39 is 18.2 Å². The number of hydrazine groups is 1. The molecule has 10 heteroatoms. The van der Waals surface area contributed by atoms with Crippen molar-refractivity contribution in [2.45, 2.75) is 25.1 Å². The first-order chi connectivity index (χ1) is 8.18. The summed E-state index contributed by atoms with van der Waals surface area (Å²) in [5.41, 5.74) is 2.64. The third-order valence-electron chi connectivity index (χ3n) is 2.24. The highest BCUT2D eigenvalue weighted by molar-refractivity contribution is 5.73. The molecule has 1 heterocycles. The van der Waals surface area contributed by atoms with Crippen molar-refractivity contribution in [3.05, 3.63) is 0 Å². The Bertz CT molecular complexity index is 290. The first-order valence-corrected chi connectivity index (χ1v) is 4.92. The van der Waals surface area contributed by atoms with E-state index in [1.165, 1.54) is 4.90 Å². The fraction of sp³-hybridized carbons (Fsp3) is 0.750. The summed E-state index contributed by atoms with van der Waals surface area (Å²) < 4.78 is 31.7. The van der Waals surface area contributed by atoms with Gasteiger partial charge in [-0.2, -0.15) is 13.2 Å². The number of hydrogen-bond acceptors (Lipinski definition) is 4. The number of nitrogens with two attached hydrogens (primary N) is 1. The molecule has 0 bridgehead atoms. The van der Waals surface area contributed by atoms with Crippen LogP contribution in [0.1, 0.15) is 12.8 Å². The molecule has 18 heavy (non-hydrogen) atoms. The van der Waals surface area contributed by atoms with Gasteiger partial charge in [0.2, 0.25) is 0 Å². The molecular weight excluding hydrogens is 259 g/mol. The number of alkyl halides is 3. The van der Waals surface area contributed by atoms with Crippen LogP contribution in [0.15, 0.2) is 0 Å². The van der Waals surface area contributed by atoms with Crippen molar-refractivity contribution in [3.8, 4) is 0 Å². The zero-order chi connectivity index (χ0) is 14.3. The van der Waals surface area contributed by atoms with E-state index in [4.69, 9.17) is 20.9 Å². The number of carboxylic acids is 1. The molecule has 0 aromatic rings. The molecule has 1 rings (SSSR count). The Balaban J connectivity index is 0.000000360.